The third-order valence-corrected chi connectivity index (χ3v) is 2.73. The highest BCUT2D eigenvalue weighted by Gasteiger charge is 2.05. The van der Waals surface area contributed by atoms with Crippen molar-refractivity contribution in [3.05, 3.63) is 35.4 Å². The van der Waals surface area contributed by atoms with Crippen LogP contribution in [0.25, 0.3) is 0 Å². The van der Waals surface area contributed by atoms with Gasteiger partial charge < -0.3 is 16.2 Å². The standard InChI is InChI=1S/C16H20N2O3/c17-15(20)9-1-3-10-18-16(21)14-8-5-7-13(12-14)6-2-4-11-19/h5,7-8,12,19H,1,3-4,9-11H2,(H2,17,20)(H,18,21). The summed E-state index contributed by atoms with van der Waals surface area (Å²) in [4.78, 5) is 22.5. The average Bonchev–Trinajstić information content (AvgIpc) is 2.47. The number of hydrogen-bond acceptors (Lipinski definition) is 3. The summed E-state index contributed by atoms with van der Waals surface area (Å²) in [7, 11) is 0. The molecule has 112 valence electrons. The summed E-state index contributed by atoms with van der Waals surface area (Å²) in [6, 6.07) is 7.01. The Hall–Kier alpha value is -2.32. The Labute approximate surface area is 124 Å². The van der Waals surface area contributed by atoms with E-state index in [9.17, 15) is 9.59 Å². The highest BCUT2D eigenvalue weighted by Crippen LogP contribution is 2.04. The zero-order chi connectivity index (χ0) is 15.5. The van der Waals surface area contributed by atoms with Crippen LogP contribution in [-0.4, -0.2) is 30.1 Å². The molecule has 2 amide bonds. The van der Waals surface area contributed by atoms with Crippen molar-refractivity contribution in [3.63, 3.8) is 0 Å². The van der Waals surface area contributed by atoms with Crippen LogP contribution in [0, 0.1) is 11.8 Å². The van der Waals surface area contributed by atoms with Gasteiger partial charge in [0.1, 0.15) is 0 Å². The van der Waals surface area contributed by atoms with Gasteiger partial charge in [0, 0.05) is 30.5 Å². The van der Waals surface area contributed by atoms with Gasteiger partial charge in [-0.15, -0.1) is 0 Å². The summed E-state index contributed by atoms with van der Waals surface area (Å²) in [6.07, 6.45) is 2.13. The number of amides is 2. The number of hydrogen-bond donors (Lipinski definition) is 3. The van der Waals surface area contributed by atoms with E-state index >= 15 is 0 Å². The largest absolute Gasteiger partial charge is 0.395 e. The maximum Gasteiger partial charge on any atom is 0.251 e. The molecule has 1 aromatic rings. The third-order valence-electron chi connectivity index (χ3n) is 2.73. The molecule has 0 saturated carbocycles. The molecule has 5 heteroatoms. The molecule has 0 bridgehead atoms. The molecule has 21 heavy (non-hydrogen) atoms. The molecule has 0 aliphatic heterocycles. The maximum absolute atomic E-state index is 11.9. The fourth-order valence-corrected chi connectivity index (χ4v) is 1.69. The summed E-state index contributed by atoms with van der Waals surface area (Å²) < 4.78 is 0. The van der Waals surface area contributed by atoms with Crippen molar-refractivity contribution in [2.75, 3.05) is 13.2 Å². The van der Waals surface area contributed by atoms with Crippen molar-refractivity contribution in [2.45, 2.75) is 25.7 Å². The van der Waals surface area contributed by atoms with Gasteiger partial charge in [-0.3, -0.25) is 9.59 Å². The second kappa shape index (κ2) is 9.56. The fourth-order valence-electron chi connectivity index (χ4n) is 1.69. The molecule has 0 aliphatic carbocycles. The van der Waals surface area contributed by atoms with E-state index in [0.29, 0.717) is 37.8 Å². The SMILES string of the molecule is NC(=O)CCCCNC(=O)c1cccc(C#CCCO)c1. The fraction of sp³-hybridized carbons (Fsp3) is 0.375. The summed E-state index contributed by atoms with van der Waals surface area (Å²) in [5.41, 5.74) is 6.32. The van der Waals surface area contributed by atoms with Crippen molar-refractivity contribution in [3.8, 4) is 11.8 Å². The van der Waals surface area contributed by atoms with Gasteiger partial charge in [0.05, 0.1) is 6.61 Å². The monoisotopic (exact) mass is 288 g/mol. The van der Waals surface area contributed by atoms with Gasteiger partial charge in [-0.1, -0.05) is 17.9 Å². The smallest absolute Gasteiger partial charge is 0.251 e. The zero-order valence-electron chi connectivity index (χ0n) is 11.9. The van der Waals surface area contributed by atoms with Crippen LogP contribution in [0.3, 0.4) is 0 Å². The highest BCUT2D eigenvalue weighted by atomic mass is 16.2. The van der Waals surface area contributed by atoms with Crippen LogP contribution in [0.4, 0.5) is 0 Å². The van der Waals surface area contributed by atoms with Crippen LogP contribution < -0.4 is 11.1 Å². The molecule has 0 atom stereocenters. The zero-order valence-corrected chi connectivity index (χ0v) is 11.9. The van der Waals surface area contributed by atoms with Gasteiger partial charge >= 0.3 is 0 Å². The first-order chi connectivity index (χ1) is 10.1. The first-order valence-electron chi connectivity index (χ1n) is 6.90. The summed E-state index contributed by atoms with van der Waals surface area (Å²) in [5.74, 6) is 5.21. The maximum atomic E-state index is 11.9. The molecule has 0 heterocycles. The Bertz CT molecular complexity index is 544. The van der Waals surface area contributed by atoms with Crippen LogP contribution in [0.15, 0.2) is 24.3 Å². The minimum atomic E-state index is -0.324. The normalized spacial score (nSPS) is 9.57. The molecule has 1 rings (SSSR count). The second-order valence-corrected chi connectivity index (χ2v) is 4.54. The Balaban J connectivity index is 2.45. The van der Waals surface area contributed by atoms with Gasteiger partial charge in [0.15, 0.2) is 0 Å². The van der Waals surface area contributed by atoms with Crippen LogP contribution in [-0.2, 0) is 4.79 Å². The van der Waals surface area contributed by atoms with Crippen molar-refractivity contribution in [1.82, 2.24) is 5.32 Å². The van der Waals surface area contributed by atoms with E-state index in [2.05, 4.69) is 17.2 Å². The molecule has 0 aromatic heterocycles. The highest BCUT2D eigenvalue weighted by molar-refractivity contribution is 5.94. The van der Waals surface area contributed by atoms with Crippen molar-refractivity contribution >= 4 is 11.8 Å². The van der Waals surface area contributed by atoms with E-state index in [4.69, 9.17) is 10.8 Å². The first-order valence-corrected chi connectivity index (χ1v) is 6.90. The van der Waals surface area contributed by atoms with Gasteiger partial charge in [0.25, 0.3) is 5.91 Å². The number of aliphatic hydroxyl groups excluding tert-OH is 1. The van der Waals surface area contributed by atoms with E-state index in [-0.39, 0.29) is 18.4 Å². The summed E-state index contributed by atoms with van der Waals surface area (Å²) >= 11 is 0. The molecule has 0 aliphatic rings. The number of nitrogens with two attached hydrogens (primary N) is 1. The first kappa shape index (κ1) is 16.7. The number of nitrogens with one attached hydrogen (secondary N) is 1. The lowest BCUT2D eigenvalue weighted by atomic mass is 10.1. The molecule has 4 N–H and O–H groups in total. The lowest BCUT2D eigenvalue weighted by Crippen LogP contribution is -2.24. The van der Waals surface area contributed by atoms with Gasteiger partial charge in [-0.2, -0.15) is 0 Å². The number of unbranched alkanes of at least 4 members (excludes halogenated alkanes) is 1. The molecule has 5 nitrogen and oxygen atoms in total. The van der Waals surface area contributed by atoms with Crippen LogP contribution in [0.5, 0.6) is 0 Å². The average molecular weight is 288 g/mol. The van der Waals surface area contributed by atoms with Gasteiger partial charge in [-0.05, 0) is 31.0 Å². The molecular weight excluding hydrogens is 268 g/mol. The van der Waals surface area contributed by atoms with E-state index in [0.717, 1.165) is 5.56 Å². The van der Waals surface area contributed by atoms with E-state index in [1.54, 1.807) is 18.2 Å². The van der Waals surface area contributed by atoms with Crippen LogP contribution >= 0.6 is 0 Å². The van der Waals surface area contributed by atoms with Gasteiger partial charge in [0.2, 0.25) is 5.91 Å². The predicted molar refractivity (Wildman–Crippen MR) is 80.4 cm³/mol. The molecule has 1 aromatic carbocycles. The molecular formula is C16H20N2O3. The predicted octanol–water partition coefficient (Wildman–Crippen LogP) is 0.806. The number of carbonyl (C=O) groups is 2. The topological polar surface area (TPSA) is 92.4 Å². The van der Waals surface area contributed by atoms with Crippen molar-refractivity contribution < 1.29 is 14.7 Å². The lowest BCUT2D eigenvalue weighted by molar-refractivity contribution is -0.118. The van der Waals surface area contributed by atoms with Crippen molar-refractivity contribution in [1.29, 1.82) is 0 Å². The number of carbonyl (C=O) groups excluding carboxylic acids is 2. The minimum Gasteiger partial charge on any atom is -0.395 e. The Kier molecular flexibility index (Phi) is 7.62. The van der Waals surface area contributed by atoms with E-state index < -0.39 is 0 Å². The molecule has 0 saturated heterocycles. The molecule has 0 spiro atoms. The van der Waals surface area contributed by atoms with E-state index in [1.165, 1.54) is 0 Å². The number of benzene rings is 1. The van der Waals surface area contributed by atoms with E-state index in [1.807, 2.05) is 6.07 Å². The summed E-state index contributed by atoms with van der Waals surface area (Å²) in [5, 5.41) is 11.5. The van der Waals surface area contributed by atoms with Gasteiger partial charge in [-0.25, -0.2) is 0 Å². The third kappa shape index (κ3) is 7.14. The Morgan fingerprint density at radius 3 is 2.81 bits per heavy atom. The minimum absolute atomic E-state index is 0.0263. The van der Waals surface area contributed by atoms with Crippen molar-refractivity contribution in [2.24, 2.45) is 5.73 Å². The number of rotatable bonds is 7. The van der Waals surface area contributed by atoms with Crippen LogP contribution in [0.2, 0.25) is 0 Å². The summed E-state index contributed by atoms with van der Waals surface area (Å²) in [6.45, 7) is 0.533. The quantitative estimate of drug-likeness (QED) is 0.512. The number of aliphatic hydroxyl groups is 1. The lowest BCUT2D eigenvalue weighted by Gasteiger charge is -2.05. The van der Waals surface area contributed by atoms with Crippen LogP contribution in [0.1, 0.15) is 41.6 Å². The molecule has 0 radical (unpaired) electrons. The molecule has 0 unspecified atom stereocenters. The Morgan fingerprint density at radius 1 is 1.29 bits per heavy atom. The Morgan fingerprint density at radius 2 is 2.10 bits per heavy atom. The second-order valence-electron chi connectivity index (χ2n) is 4.54. The number of primary amides is 1. The molecule has 0 fully saturated rings.